The maximum absolute atomic E-state index is 14.1. The van der Waals surface area contributed by atoms with Crippen LogP contribution in [0.2, 0.25) is 0 Å². The van der Waals surface area contributed by atoms with Crippen LogP contribution in [-0.2, 0) is 154 Å². The SMILES string of the molecule is CC[C@H]1OC(O)[C@@H](OC(C)=O)[C@@H](OCc2ccccc2)[C@@H]1C.CC[C@H]1O[C@H](OC(C)=O)[C@@H](OC(C)=O)[C@@H](OCc2ccccc2)[C@@H]1C.CC[C@H]1O[C@H](OP(=O)(Oc2ccccc2)Oc2ccccc2)[C@@H](OC(C)=O)[C@@H](OCc2ccccc2)[C@@H]1C.CO[C@H]1O[C@@H]2CO[C@@H](c3ccccc3)O[C@H]2[C@H](O)[C@@H]1O.CO[C@H]1O[C@@H]2CO[C@@H](c3ccccc3)O[C@H]2[C@H](OCc2ccccc2)[C@@H]1O.CO[C@H]1O[C@H](CO)[C@@H](O)[C@H](O)[C@@H]1O. The monoisotopic (exact) mass is 2050 g/mol. The molecule has 8 fully saturated rings. The maximum atomic E-state index is 14.1. The van der Waals surface area contributed by atoms with Crippen molar-refractivity contribution in [3.05, 3.63) is 276 Å². The normalized spacial score (nSPS) is 32.0. The van der Waals surface area contributed by atoms with Gasteiger partial charge in [-0.1, -0.05) is 260 Å². The van der Waals surface area contributed by atoms with Gasteiger partial charge in [0.1, 0.15) is 103 Å². The number of fused-ring (bicyclic) bond motifs is 2. The summed E-state index contributed by atoms with van der Waals surface area (Å²) < 4.78 is 150. The quantitative estimate of drug-likeness (QED) is 0.0114. The predicted molar refractivity (Wildman–Crippen MR) is 518 cm³/mol. The average molecular weight is 2050 g/mol. The van der Waals surface area contributed by atoms with E-state index in [0.717, 1.165) is 46.2 Å². The Bertz CT molecular complexity index is 5020. The Morgan fingerprint density at radius 2 is 0.634 bits per heavy atom. The second kappa shape index (κ2) is 58.4. The fraction of sp³-hybridized carbons (Fsp3) is 0.514. The molecule has 8 N–H and O–H groups in total. The van der Waals surface area contributed by atoms with Crippen LogP contribution in [0.5, 0.6) is 11.5 Å². The van der Waals surface area contributed by atoms with Gasteiger partial charge in [-0.3, -0.25) is 19.2 Å². The fourth-order valence-electron chi connectivity index (χ4n) is 17.6. The van der Waals surface area contributed by atoms with Crippen molar-refractivity contribution >= 4 is 31.7 Å². The number of methoxy groups -OCH3 is 3. The Labute approximate surface area is 845 Å². The molecule has 32 atom stereocenters. The standard InChI is InChI=1S/C29H33O8P.C21H24O6.C19H26O6.C17H24O5.C14H18O6.C7H14O6/c1-4-26-21(2)27(32-20-23-14-8-5-9-15-23)28(33-22(3)30)29(34-26)37-38(31,35-24-16-10-6-11-17-24)36-25-18-12-7-13-19-25;1-23-21-17(22)19(24-12-14-8-4-2-5-9-14)18-16(26-21)13-25-20(27-18)15-10-6-3-7-11-15;1-5-16-12(2)17(22-11-15-9-7-6-8-10-15)18(23-13(3)20)19(25-16)24-14(4)21;1-4-14-11(2)15(16(17(19)22-14)21-12(3)18)20-10-13-8-6-5-7-9-13;1-17-14-11(16)10(15)12-9(19-14)7-18-13(20-12)8-5-3-2-4-6-8;1-12-7-6(11)5(10)4(9)3(2-8)13-7/h5-19,21,26-29H,4,20H2,1-3H3;2-11,16-22H,12-13H2,1H3;6-10,12,16-19H,5,11H2,1-4H3;5-9,11,14-17,19H,4,10H2,1-3H3;2-6,9-16H,7H2,1H3;3-11H,2H2,1H3/t21-,26-,27+,28+,29-;16-,17+,18-,19-,20-,21+;12-,16-,17+,18+,19+;11-,14-,15+,16+,17?;9-,10-,11+,12-,13-,14+;3-,4-,5+,6+,7+/m111111/s1. The van der Waals surface area contributed by atoms with Gasteiger partial charge in [0.25, 0.3) is 0 Å². The molecule has 0 radical (unpaired) electrons. The highest BCUT2D eigenvalue weighted by molar-refractivity contribution is 7.49. The number of rotatable bonds is 31. The zero-order valence-electron chi connectivity index (χ0n) is 83.5. The van der Waals surface area contributed by atoms with Gasteiger partial charge in [-0.2, -0.15) is 0 Å². The van der Waals surface area contributed by atoms with E-state index in [1.165, 1.54) is 49.0 Å². The van der Waals surface area contributed by atoms with E-state index in [9.17, 15) is 59.5 Å². The molecule has 16 rings (SSSR count). The molecular formula is C107H139O37P. The van der Waals surface area contributed by atoms with Crippen molar-refractivity contribution in [3.63, 3.8) is 0 Å². The zero-order chi connectivity index (χ0) is 104. The molecule has 1 unspecified atom stereocenters. The number of benzene rings is 8. The van der Waals surface area contributed by atoms with Crippen LogP contribution in [0.15, 0.2) is 243 Å². The lowest BCUT2D eigenvalue weighted by Crippen LogP contribution is -2.62. The van der Waals surface area contributed by atoms with E-state index < -0.39 is 192 Å². The van der Waals surface area contributed by atoms with Crippen LogP contribution >= 0.6 is 7.82 Å². The van der Waals surface area contributed by atoms with Crippen LogP contribution in [0.4, 0.5) is 0 Å². The number of ether oxygens (including phenoxy) is 21. The molecule has 145 heavy (non-hydrogen) atoms. The van der Waals surface area contributed by atoms with Crippen molar-refractivity contribution in [2.45, 2.75) is 293 Å². The summed E-state index contributed by atoms with van der Waals surface area (Å²) >= 11 is 0. The Hall–Kier alpha value is -9.57. The van der Waals surface area contributed by atoms with E-state index in [1.807, 2.05) is 224 Å². The summed E-state index contributed by atoms with van der Waals surface area (Å²) in [4.78, 5) is 46.4. The topological polar surface area (TPSA) is 469 Å². The zero-order valence-corrected chi connectivity index (χ0v) is 84.4. The number of carbonyl (C=O) groups excluding carboxylic acids is 4. The summed E-state index contributed by atoms with van der Waals surface area (Å²) in [6, 6.07) is 75.3. The molecule has 0 spiro atoms. The van der Waals surface area contributed by atoms with E-state index in [-0.39, 0.29) is 66.9 Å². The largest absolute Gasteiger partial charge is 0.590 e. The smallest absolute Gasteiger partial charge is 0.454 e. The minimum atomic E-state index is -4.34. The van der Waals surface area contributed by atoms with Crippen molar-refractivity contribution in [1.82, 2.24) is 0 Å². The molecule has 794 valence electrons. The van der Waals surface area contributed by atoms with Gasteiger partial charge in [-0.15, -0.1) is 0 Å². The van der Waals surface area contributed by atoms with Gasteiger partial charge in [-0.05, 0) is 65.8 Å². The molecule has 8 saturated heterocycles. The van der Waals surface area contributed by atoms with Crippen molar-refractivity contribution in [2.75, 3.05) is 41.2 Å². The number of hydrogen-bond acceptors (Lipinski definition) is 37. The van der Waals surface area contributed by atoms with Crippen LogP contribution in [0.3, 0.4) is 0 Å². The molecule has 0 bridgehead atoms. The van der Waals surface area contributed by atoms with Crippen molar-refractivity contribution in [3.8, 4) is 11.5 Å². The Kier molecular flexibility index (Phi) is 46.6. The van der Waals surface area contributed by atoms with Crippen molar-refractivity contribution in [1.29, 1.82) is 0 Å². The lowest BCUT2D eigenvalue weighted by atomic mass is 9.89. The van der Waals surface area contributed by atoms with Gasteiger partial charge in [0, 0.05) is 77.9 Å². The van der Waals surface area contributed by atoms with Crippen molar-refractivity contribution < 1.29 is 178 Å². The maximum Gasteiger partial charge on any atom is 0.590 e. The molecule has 37 nitrogen and oxygen atoms in total. The molecule has 0 amide bonds. The van der Waals surface area contributed by atoms with E-state index in [1.54, 1.807) is 60.7 Å². The van der Waals surface area contributed by atoms with Crippen molar-refractivity contribution in [2.24, 2.45) is 17.8 Å². The molecule has 0 saturated carbocycles. The number of para-hydroxylation sites is 2. The third-order valence-corrected chi connectivity index (χ3v) is 26.4. The second-order valence-electron chi connectivity index (χ2n) is 35.5. The number of phosphoric acid groups is 1. The predicted octanol–water partition coefficient (Wildman–Crippen LogP) is 11.7. The van der Waals surface area contributed by atoms with Crippen LogP contribution in [0.1, 0.15) is 134 Å². The summed E-state index contributed by atoms with van der Waals surface area (Å²) in [6.07, 6.45) is -20.4. The van der Waals surface area contributed by atoms with E-state index >= 15 is 0 Å². The summed E-state index contributed by atoms with van der Waals surface area (Å²) in [6.45, 7) is 18.7. The number of esters is 4. The van der Waals surface area contributed by atoms with E-state index in [0.29, 0.717) is 32.8 Å². The Morgan fingerprint density at radius 1 is 0.324 bits per heavy atom. The highest BCUT2D eigenvalue weighted by Crippen LogP contribution is 2.53. The fourth-order valence-corrected chi connectivity index (χ4v) is 18.9. The number of carbonyl (C=O) groups is 4. The first-order chi connectivity index (χ1) is 69.9. The highest BCUT2D eigenvalue weighted by Gasteiger charge is 2.55. The number of phosphoric ester groups is 1. The summed E-state index contributed by atoms with van der Waals surface area (Å²) in [7, 11) is -0.131. The number of aliphatic hydroxyl groups excluding tert-OH is 8. The van der Waals surface area contributed by atoms with Crippen LogP contribution in [0, 0.1) is 17.8 Å². The summed E-state index contributed by atoms with van der Waals surface area (Å²) in [5.41, 5.74) is 5.81. The number of hydrogen-bond donors (Lipinski definition) is 8. The van der Waals surface area contributed by atoms with Gasteiger partial charge in [0.2, 0.25) is 12.6 Å². The van der Waals surface area contributed by atoms with Gasteiger partial charge >= 0.3 is 31.7 Å². The van der Waals surface area contributed by atoms with E-state index in [4.69, 9.17) is 118 Å². The van der Waals surface area contributed by atoms with Gasteiger partial charge in [0.15, 0.2) is 56.1 Å². The minimum absolute atomic E-state index is 0.0152. The lowest BCUT2D eigenvalue weighted by molar-refractivity contribution is -0.363. The van der Waals surface area contributed by atoms with E-state index in [2.05, 4.69) is 0 Å². The third-order valence-electron chi connectivity index (χ3n) is 25.1. The molecule has 8 heterocycles. The Balaban J connectivity index is 0.000000170. The molecule has 38 heteroatoms. The first-order valence-corrected chi connectivity index (χ1v) is 50.0. The highest BCUT2D eigenvalue weighted by atomic mass is 31.2. The first kappa shape index (κ1) is 116. The summed E-state index contributed by atoms with van der Waals surface area (Å²) in [5.74, 6) is -1.57. The van der Waals surface area contributed by atoms with Gasteiger partial charge < -0.3 is 149 Å². The molecule has 8 aliphatic rings. The van der Waals surface area contributed by atoms with Crippen LogP contribution in [0.25, 0.3) is 0 Å². The van der Waals surface area contributed by atoms with Gasteiger partial charge in [-0.25, -0.2) is 9.09 Å². The average Bonchev–Trinajstić information content (AvgIpc) is 0.754. The molecule has 0 aliphatic carbocycles. The van der Waals surface area contributed by atoms with Gasteiger partial charge in [0.05, 0.1) is 64.6 Å². The molecule has 0 aromatic heterocycles. The minimum Gasteiger partial charge on any atom is -0.454 e. The van der Waals surface area contributed by atoms with Crippen LogP contribution < -0.4 is 9.05 Å². The molecule has 8 aliphatic heterocycles. The third kappa shape index (κ3) is 33.5. The first-order valence-electron chi connectivity index (χ1n) is 48.5. The Morgan fingerprint density at radius 3 is 1.01 bits per heavy atom. The second-order valence-corrected chi connectivity index (χ2v) is 37.0. The number of aliphatic hydroxyl groups is 8. The summed E-state index contributed by atoms with van der Waals surface area (Å²) in [5, 5.41) is 77.5. The lowest BCUT2D eigenvalue weighted by Gasteiger charge is -2.47. The molecular weight excluding hydrogens is 1910 g/mol. The molecule has 8 aromatic carbocycles. The van der Waals surface area contributed by atoms with Crippen LogP contribution in [-0.4, -0.2) is 272 Å². The molecule has 8 aromatic rings.